The molecular formula is C26H31FN4O. The monoisotopic (exact) mass is 434 g/mol. The van der Waals surface area contributed by atoms with E-state index in [-0.39, 0.29) is 11.7 Å². The third kappa shape index (κ3) is 4.75. The molecule has 5 nitrogen and oxygen atoms in total. The van der Waals surface area contributed by atoms with Gasteiger partial charge >= 0.3 is 0 Å². The molecule has 0 N–H and O–H groups in total. The van der Waals surface area contributed by atoms with Gasteiger partial charge in [0.25, 0.3) is 0 Å². The predicted octanol–water partition coefficient (Wildman–Crippen LogP) is 4.57. The van der Waals surface area contributed by atoms with Gasteiger partial charge in [-0.25, -0.2) is 9.07 Å². The maximum atomic E-state index is 13.9. The molecule has 0 spiro atoms. The molecule has 0 bridgehead atoms. The van der Waals surface area contributed by atoms with Gasteiger partial charge in [-0.1, -0.05) is 57.2 Å². The molecule has 1 aliphatic rings. The van der Waals surface area contributed by atoms with E-state index in [1.165, 1.54) is 17.7 Å². The summed E-state index contributed by atoms with van der Waals surface area (Å²) in [5.74, 6) is -0.210. The number of fused-ring (bicyclic) bond motifs is 1. The van der Waals surface area contributed by atoms with Crippen LogP contribution in [0.3, 0.4) is 0 Å². The molecule has 0 saturated heterocycles. The number of hydrogen-bond donors (Lipinski definition) is 0. The highest BCUT2D eigenvalue weighted by atomic mass is 19.1. The Hall–Kier alpha value is -2.99. The Balaban J connectivity index is 1.67. The van der Waals surface area contributed by atoms with Crippen molar-refractivity contribution < 1.29 is 9.18 Å². The molecule has 3 aromatic rings. The zero-order valence-electron chi connectivity index (χ0n) is 19.3. The SMILES string of the molecule is CN(Cc1nn(-c2cccc(F)c2)c2c1CN(Cc1ccccc1)CC2)C(=O)C(C)(C)C. The van der Waals surface area contributed by atoms with Crippen LogP contribution in [0.2, 0.25) is 0 Å². The summed E-state index contributed by atoms with van der Waals surface area (Å²) in [5, 5.41) is 4.88. The van der Waals surface area contributed by atoms with Crippen LogP contribution < -0.4 is 0 Å². The molecule has 4 rings (SSSR count). The standard InChI is InChI=1S/C26H31FN4O/c1-26(2,3)25(32)29(4)18-23-22-17-30(16-19-9-6-5-7-10-19)14-13-24(22)31(28-23)21-12-8-11-20(27)15-21/h5-12,15H,13-14,16-18H2,1-4H3. The second-order valence-electron chi connectivity index (χ2n) is 9.62. The summed E-state index contributed by atoms with van der Waals surface area (Å²) < 4.78 is 15.8. The van der Waals surface area contributed by atoms with Gasteiger partial charge in [0.15, 0.2) is 0 Å². The van der Waals surface area contributed by atoms with E-state index < -0.39 is 5.41 Å². The lowest BCUT2D eigenvalue weighted by molar-refractivity contribution is -0.138. The lowest BCUT2D eigenvalue weighted by atomic mass is 9.94. The van der Waals surface area contributed by atoms with Crippen molar-refractivity contribution in [2.24, 2.45) is 5.41 Å². The molecule has 1 aliphatic heterocycles. The lowest BCUT2D eigenvalue weighted by Gasteiger charge is -2.29. The van der Waals surface area contributed by atoms with Crippen LogP contribution in [0.1, 0.15) is 43.3 Å². The van der Waals surface area contributed by atoms with Gasteiger partial charge in [0.2, 0.25) is 5.91 Å². The van der Waals surface area contributed by atoms with Crippen molar-refractivity contribution in [1.82, 2.24) is 19.6 Å². The number of halogens is 1. The van der Waals surface area contributed by atoms with Gasteiger partial charge in [-0.15, -0.1) is 0 Å². The number of carbonyl (C=O) groups is 1. The molecule has 32 heavy (non-hydrogen) atoms. The van der Waals surface area contributed by atoms with Crippen molar-refractivity contribution in [1.29, 1.82) is 0 Å². The maximum Gasteiger partial charge on any atom is 0.228 e. The van der Waals surface area contributed by atoms with Crippen molar-refractivity contribution >= 4 is 5.91 Å². The van der Waals surface area contributed by atoms with E-state index in [9.17, 15) is 9.18 Å². The first kappa shape index (κ1) is 22.2. The molecule has 1 aromatic heterocycles. The van der Waals surface area contributed by atoms with Gasteiger partial charge in [-0.2, -0.15) is 5.10 Å². The summed E-state index contributed by atoms with van der Waals surface area (Å²) in [7, 11) is 1.83. The Kier molecular flexibility index (Phi) is 6.15. The average molecular weight is 435 g/mol. The minimum Gasteiger partial charge on any atom is -0.339 e. The van der Waals surface area contributed by atoms with Crippen LogP contribution in [-0.4, -0.2) is 39.1 Å². The summed E-state index contributed by atoms with van der Waals surface area (Å²) >= 11 is 0. The van der Waals surface area contributed by atoms with Gasteiger partial charge in [0.05, 0.1) is 23.6 Å². The highest BCUT2D eigenvalue weighted by Gasteiger charge is 2.29. The molecule has 6 heteroatoms. The summed E-state index contributed by atoms with van der Waals surface area (Å²) in [6, 6.07) is 17.0. The second kappa shape index (κ2) is 8.87. The quantitative estimate of drug-likeness (QED) is 0.591. The van der Waals surface area contributed by atoms with Crippen LogP contribution in [0.5, 0.6) is 0 Å². The highest BCUT2D eigenvalue weighted by molar-refractivity contribution is 5.81. The van der Waals surface area contributed by atoms with Crippen LogP contribution in [0.25, 0.3) is 5.69 Å². The number of aromatic nitrogens is 2. The number of rotatable bonds is 5. The first-order valence-corrected chi connectivity index (χ1v) is 11.1. The number of nitrogens with zero attached hydrogens (tertiary/aromatic N) is 4. The van der Waals surface area contributed by atoms with Gasteiger partial charge in [-0.3, -0.25) is 9.69 Å². The topological polar surface area (TPSA) is 41.4 Å². The van der Waals surface area contributed by atoms with Gasteiger partial charge in [0.1, 0.15) is 5.82 Å². The third-order valence-electron chi connectivity index (χ3n) is 5.90. The van der Waals surface area contributed by atoms with Gasteiger partial charge in [0, 0.05) is 44.1 Å². The summed E-state index contributed by atoms with van der Waals surface area (Å²) in [5.41, 5.74) is 4.65. The van der Waals surface area contributed by atoms with E-state index >= 15 is 0 Å². The third-order valence-corrected chi connectivity index (χ3v) is 5.90. The van der Waals surface area contributed by atoms with E-state index in [0.717, 1.165) is 43.0 Å². The smallest absolute Gasteiger partial charge is 0.228 e. The molecule has 0 aliphatic carbocycles. The van der Waals surface area contributed by atoms with Crippen molar-refractivity contribution in [2.45, 2.75) is 46.8 Å². The second-order valence-corrected chi connectivity index (χ2v) is 9.62. The maximum absolute atomic E-state index is 13.9. The molecule has 1 amide bonds. The molecule has 0 radical (unpaired) electrons. The fraction of sp³-hybridized carbons (Fsp3) is 0.385. The molecule has 0 atom stereocenters. The Labute approximate surface area is 189 Å². The van der Waals surface area contributed by atoms with Crippen LogP contribution >= 0.6 is 0 Å². The van der Waals surface area contributed by atoms with E-state index in [2.05, 4.69) is 29.2 Å². The van der Waals surface area contributed by atoms with Crippen molar-refractivity contribution in [3.05, 3.63) is 82.9 Å². The molecule has 0 saturated carbocycles. The minimum absolute atomic E-state index is 0.0727. The zero-order chi connectivity index (χ0) is 22.9. The van der Waals surface area contributed by atoms with E-state index in [1.54, 1.807) is 11.0 Å². The van der Waals surface area contributed by atoms with E-state index in [4.69, 9.17) is 5.10 Å². The lowest BCUT2D eigenvalue weighted by Crippen LogP contribution is -2.37. The fourth-order valence-corrected chi connectivity index (χ4v) is 4.34. The molecule has 2 aromatic carbocycles. The fourth-order valence-electron chi connectivity index (χ4n) is 4.34. The highest BCUT2D eigenvalue weighted by Crippen LogP contribution is 2.28. The Morgan fingerprint density at radius 2 is 1.88 bits per heavy atom. The minimum atomic E-state index is -0.459. The molecular weight excluding hydrogens is 403 g/mol. The van der Waals surface area contributed by atoms with Crippen molar-refractivity contribution in [2.75, 3.05) is 13.6 Å². The van der Waals surface area contributed by atoms with Gasteiger partial charge in [-0.05, 0) is 23.8 Å². The van der Waals surface area contributed by atoms with Crippen LogP contribution in [-0.2, 0) is 30.8 Å². The number of carbonyl (C=O) groups excluding carboxylic acids is 1. The molecule has 2 heterocycles. The zero-order valence-corrected chi connectivity index (χ0v) is 19.3. The van der Waals surface area contributed by atoms with E-state index in [0.29, 0.717) is 12.2 Å². The van der Waals surface area contributed by atoms with Crippen LogP contribution in [0.4, 0.5) is 4.39 Å². The summed E-state index contributed by atoms with van der Waals surface area (Å²) in [6.07, 6.45) is 0.822. The van der Waals surface area contributed by atoms with Crippen molar-refractivity contribution in [3.8, 4) is 5.69 Å². The average Bonchev–Trinajstić information content (AvgIpc) is 3.11. The normalized spacial score (nSPS) is 14.3. The number of hydrogen-bond acceptors (Lipinski definition) is 3. The Morgan fingerprint density at radius 3 is 2.56 bits per heavy atom. The molecule has 168 valence electrons. The number of amides is 1. The van der Waals surface area contributed by atoms with E-state index in [1.807, 2.05) is 44.6 Å². The van der Waals surface area contributed by atoms with Crippen LogP contribution in [0.15, 0.2) is 54.6 Å². The van der Waals surface area contributed by atoms with Crippen molar-refractivity contribution in [3.63, 3.8) is 0 Å². The first-order valence-electron chi connectivity index (χ1n) is 11.1. The first-order chi connectivity index (χ1) is 15.2. The largest absolute Gasteiger partial charge is 0.339 e. The Bertz CT molecular complexity index is 1100. The Morgan fingerprint density at radius 1 is 1.12 bits per heavy atom. The molecule has 0 unspecified atom stereocenters. The predicted molar refractivity (Wildman–Crippen MR) is 124 cm³/mol. The van der Waals surface area contributed by atoms with Gasteiger partial charge < -0.3 is 4.90 Å². The summed E-state index contributed by atoms with van der Waals surface area (Å²) in [6.45, 7) is 8.73. The summed E-state index contributed by atoms with van der Waals surface area (Å²) in [4.78, 5) is 16.9. The van der Waals surface area contributed by atoms with Crippen LogP contribution in [0, 0.1) is 11.2 Å². The number of benzene rings is 2. The molecule has 0 fully saturated rings.